The van der Waals surface area contributed by atoms with Crippen molar-refractivity contribution >= 4 is 16.9 Å². The van der Waals surface area contributed by atoms with E-state index in [9.17, 15) is 9.59 Å². The van der Waals surface area contributed by atoms with E-state index in [0.717, 1.165) is 5.56 Å². The Morgan fingerprint density at radius 3 is 2.67 bits per heavy atom. The number of carbonyl (C=O) groups excluding carboxylic acids is 1. The number of carbonyl (C=O) groups is 1. The summed E-state index contributed by atoms with van der Waals surface area (Å²) in [4.78, 5) is 28.4. The van der Waals surface area contributed by atoms with Crippen molar-refractivity contribution < 1.29 is 18.7 Å². The van der Waals surface area contributed by atoms with Crippen LogP contribution in [0.3, 0.4) is 0 Å². The zero-order valence-corrected chi connectivity index (χ0v) is 17.2. The van der Waals surface area contributed by atoms with E-state index >= 15 is 0 Å². The van der Waals surface area contributed by atoms with Crippen molar-refractivity contribution in [2.75, 3.05) is 26.4 Å². The van der Waals surface area contributed by atoms with Gasteiger partial charge < -0.3 is 18.8 Å². The SMILES string of the molecule is CCOCCCN1C(=O)c2oc3ccccc3c(=O)c2[C@@H]1c1cccc(OCC)c1. The monoisotopic (exact) mass is 407 g/mol. The minimum absolute atomic E-state index is 0.127. The molecule has 2 aromatic carbocycles. The van der Waals surface area contributed by atoms with E-state index in [1.54, 1.807) is 29.2 Å². The van der Waals surface area contributed by atoms with Gasteiger partial charge in [-0.25, -0.2) is 0 Å². The number of ether oxygens (including phenoxy) is 2. The lowest BCUT2D eigenvalue weighted by molar-refractivity contribution is 0.0695. The Hall–Kier alpha value is -3.12. The second-order valence-corrected chi connectivity index (χ2v) is 7.13. The van der Waals surface area contributed by atoms with Crippen LogP contribution >= 0.6 is 0 Å². The highest BCUT2D eigenvalue weighted by molar-refractivity contribution is 5.99. The van der Waals surface area contributed by atoms with Crippen LogP contribution in [0.4, 0.5) is 0 Å². The first-order valence-electron chi connectivity index (χ1n) is 10.3. The molecule has 0 radical (unpaired) electrons. The van der Waals surface area contributed by atoms with Gasteiger partial charge in [0.15, 0.2) is 5.43 Å². The van der Waals surface area contributed by atoms with Gasteiger partial charge >= 0.3 is 0 Å². The summed E-state index contributed by atoms with van der Waals surface area (Å²) < 4.78 is 17.0. The van der Waals surface area contributed by atoms with Crippen LogP contribution in [0.25, 0.3) is 11.0 Å². The van der Waals surface area contributed by atoms with Gasteiger partial charge in [0.1, 0.15) is 11.3 Å². The molecule has 0 fully saturated rings. The van der Waals surface area contributed by atoms with Crippen LogP contribution in [0.5, 0.6) is 5.75 Å². The predicted molar refractivity (Wildman–Crippen MR) is 114 cm³/mol. The lowest BCUT2D eigenvalue weighted by Crippen LogP contribution is -2.31. The average Bonchev–Trinajstić information content (AvgIpc) is 3.04. The molecule has 0 bridgehead atoms. The van der Waals surface area contributed by atoms with Crippen LogP contribution in [0.2, 0.25) is 0 Å². The lowest BCUT2D eigenvalue weighted by atomic mass is 9.98. The van der Waals surface area contributed by atoms with Gasteiger partial charge in [0.2, 0.25) is 5.76 Å². The van der Waals surface area contributed by atoms with Crippen molar-refractivity contribution in [3.05, 3.63) is 75.6 Å². The Bertz CT molecular complexity index is 1120. The first kappa shape index (κ1) is 20.2. The van der Waals surface area contributed by atoms with Crippen LogP contribution in [0.1, 0.15) is 48.0 Å². The molecule has 1 aliphatic heterocycles. The van der Waals surface area contributed by atoms with Crippen molar-refractivity contribution in [3.63, 3.8) is 0 Å². The highest BCUT2D eigenvalue weighted by atomic mass is 16.5. The molecule has 156 valence electrons. The smallest absolute Gasteiger partial charge is 0.290 e. The molecule has 30 heavy (non-hydrogen) atoms. The lowest BCUT2D eigenvalue weighted by Gasteiger charge is -2.25. The predicted octanol–water partition coefficient (Wildman–Crippen LogP) is 4.16. The number of fused-ring (bicyclic) bond motifs is 2. The zero-order valence-electron chi connectivity index (χ0n) is 17.2. The molecule has 0 N–H and O–H groups in total. The summed E-state index contributed by atoms with van der Waals surface area (Å²) in [5.74, 6) is 0.563. The van der Waals surface area contributed by atoms with Gasteiger partial charge in [-0.2, -0.15) is 0 Å². The van der Waals surface area contributed by atoms with Crippen LogP contribution in [0, 0.1) is 0 Å². The average molecular weight is 407 g/mol. The third kappa shape index (κ3) is 3.59. The second-order valence-electron chi connectivity index (χ2n) is 7.13. The number of para-hydroxylation sites is 1. The summed E-state index contributed by atoms with van der Waals surface area (Å²) in [6.07, 6.45) is 0.670. The van der Waals surface area contributed by atoms with Crippen molar-refractivity contribution in [2.24, 2.45) is 0 Å². The number of nitrogens with zero attached hydrogens (tertiary/aromatic N) is 1. The summed E-state index contributed by atoms with van der Waals surface area (Å²) in [7, 11) is 0. The zero-order chi connectivity index (χ0) is 21.1. The Labute approximate surface area is 175 Å². The number of benzene rings is 2. The molecule has 6 nitrogen and oxygen atoms in total. The maximum absolute atomic E-state index is 13.4. The molecule has 0 spiro atoms. The van der Waals surface area contributed by atoms with Crippen molar-refractivity contribution in [1.29, 1.82) is 0 Å². The molecule has 0 saturated heterocycles. The maximum Gasteiger partial charge on any atom is 0.290 e. The normalized spacial score (nSPS) is 15.6. The second kappa shape index (κ2) is 8.71. The van der Waals surface area contributed by atoms with Gasteiger partial charge in [-0.3, -0.25) is 9.59 Å². The molecule has 6 heteroatoms. The number of hydrogen-bond donors (Lipinski definition) is 0. The molecular weight excluding hydrogens is 382 g/mol. The Morgan fingerprint density at radius 2 is 1.87 bits per heavy atom. The van der Waals surface area contributed by atoms with Gasteiger partial charge in [-0.15, -0.1) is 0 Å². The molecular formula is C24H25NO5. The van der Waals surface area contributed by atoms with E-state index in [1.165, 1.54) is 0 Å². The van der Waals surface area contributed by atoms with Crippen molar-refractivity contribution in [1.82, 2.24) is 4.90 Å². The van der Waals surface area contributed by atoms with E-state index in [1.807, 2.05) is 38.1 Å². The first-order chi connectivity index (χ1) is 14.7. The fourth-order valence-electron chi connectivity index (χ4n) is 3.97. The summed E-state index contributed by atoms with van der Waals surface area (Å²) in [6, 6.07) is 14.1. The van der Waals surface area contributed by atoms with E-state index < -0.39 is 6.04 Å². The van der Waals surface area contributed by atoms with Gasteiger partial charge in [-0.1, -0.05) is 24.3 Å². The Morgan fingerprint density at radius 1 is 1.03 bits per heavy atom. The summed E-state index contributed by atoms with van der Waals surface area (Å²) >= 11 is 0. The van der Waals surface area contributed by atoms with E-state index in [4.69, 9.17) is 13.9 Å². The largest absolute Gasteiger partial charge is 0.494 e. The van der Waals surface area contributed by atoms with Crippen LogP contribution < -0.4 is 10.2 Å². The van der Waals surface area contributed by atoms with Crippen molar-refractivity contribution in [2.45, 2.75) is 26.3 Å². The molecule has 0 saturated carbocycles. The van der Waals surface area contributed by atoms with Gasteiger partial charge in [0.05, 0.1) is 23.6 Å². The summed E-state index contributed by atoms with van der Waals surface area (Å²) in [6.45, 7) is 6.02. The molecule has 2 heterocycles. The molecule has 1 aliphatic rings. The molecule has 1 amide bonds. The number of hydrogen-bond acceptors (Lipinski definition) is 5. The quantitative estimate of drug-likeness (QED) is 0.525. The van der Waals surface area contributed by atoms with E-state index in [-0.39, 0.29) is 17.1 Å². The van der Waals surface area contributed by atoms with Gasteiger partial charge in [0, 0.05) is 19.8 Å². The molecule has 0 unspecified atom stereocenters. The highest BCUT2D eigenvalue weighted by Crippen LogP contribution is 2.39. The van der Waals surface area contributed by atoms with Crippen LogP contribution in [0.15, 0.2) is 57.7 Å². The minimum atomic E-state index is -0.518. The molecule has 0 aliphatic carbocycles. The Kier molecular flexibility index (Phi) is 5.86. The third-order valence-electron chi connectivity index (χ3n) is 5.25. The highest BCUT2D eigenvalue weighted by Gasteiger charge is 2.42. The minimum Gasteiger partial charge on any atom is -0.494 e. The molecule has 1 atom stereocenters. The number of amides is 1. The van der Waals surface area contributed by atoms with E-state index in [2.05, 4.69) is 0 Å². The topological polar surface area (TPSA) is 69.0 Å². The first-order valence-corrected chi connectivity index (χ1v) is 10.3. The maximum atomic E-state index is 13.4. The Balaban J connectivity index is 1.83. The molecule has 1 aromatic heterocycles. The molecule has 3 aromatic rings. The summed E-state index contributed by atoms with van der Waals surface area (Å²) in [5.41, 5.74) is 1.47. The summed E-state index contributed by atoms with van der Waals surface area (Å²) in [5, 5.41) is 0.478. The fourth-order valence-corrected chi connectivity index (χ4v) is 3.97. The number of rotatable bonds is 8. The third-order valence-corrected chi connectivity index (χ3v) is 5.25. The standard InChI is InChI=1S/C24H25NO5/c1-3-28-14-8-13-25-21(16-9-7-10-17(15-16)29-4-2)20-22(26)18-11-5-6-12-19(18)30-23(20)24(25)27/h5-7,9-12,15,21H,3-4,8,13-14H2,1-2H3/t21-/m0/s1. The van der Waals surface area contributed by atoms with Crippen molar-refractivity contribution in [3.8, 4) is 5.75 Å². The van der Waals surface area contributed by atoms with Gasteiger partial charge in [0.25, 0.3) is 5.91 Å². The van der Waals surface area contributed by atoms with Crippen LogP contribution in [-0.4, -0.2) is 37.2 Å². The van der Waals surface area contributed by atoms with E-state index in [0.29, 0.717) is 55.1 Å². The fraction of sp³-hybridized carbons (Fsp3) is 0.333. The molecule has 4 rings (SSSR count). The van der Waals surface area contributed by atoms with Gasteiger partial charge in [-0.05, 0) is 50.1 Å². The van der Waals surface area contributed by atoms with Crippen LogP contribution in [-0.2, 0) is 4.74 Å².